The van der Waals surface area contributed by atoms with E-state index in [-0.39, 0.29) is 5.91 Å². The summed E-state index contributed by atoms with van der Waals surface area (Å²) in [5.74, 6) is -0.305. The number of thiazole rings is 1. The normalized spacial score (nSPS) is 10.1. The number of nitrogens with one attached hydrogen (secondary N) is 2. The average Bonchev–Trinajstić information content (AvgIpc) is 2.87. The minimum Gasteiger partial charge on any atom is -0.363 e. The van der Waals surface area contributed by atoms with Crippen LogP contribution in [0.25, 0.3) is 0 Å². The van der Waals surface area contributed by atoms with Crippen LogP contribution in [0.2, 0.25) is 0 Å². The van der Waals surface area contributed by atoms with Crippen LogP contribution >= 0.6 is 38.6 Å². The highest BCUT2D eigenvalue weighted by molar-refractivity contribution is 9.11. The zero-order valence-corrected chi connectivity index (χ0v) is 11.2. The molecular formula is C7H6BrN5OS2. The van der Waals surface area contributed by atoms with E-state index in [9.17, 15) is 4.79 Å². The molecule has 0 bridgehead atoms. The number of amides is 1. The molecule has 84 valence electrons. The van der Waals surface area contributed by atoms with Crippen molar-refractivity contribution >= 4 is 54.8 Å². The Balaban J connectivity index is 2.08. The smallest absolute Gasteiger partial charge is 0.288 e. The highest BCUT2D eigenvalue weighted by Crippen LogP contribution is 2.24. The summed E-state index contributed by atoms with van der Waals surface area (Å²) in [4.78, 5) is 15.7. The van der Waals surface area contributed by atoms with Gasteiger partial charge in [-0.15, -0.1) is 10.2 Å². The van der Waals surface area contributed by atoms with Gasteiger partial charge in [-0.05, 0) is 15.9 Å². The monoisotopic (exact) mass is 319 g/mol. The van der Waals surface area contributed by atoms with Crippen LogP contribution in [0, 0.1) is 0 Å². The number of carbonyl (C=O) groups is 1. The van der Waals surface area contributed by atoms with Crippen molar-refractivity contribution in [1.82, 2.24) is 15.2 Å². The summed E-state index contributed by atoms with van der Waals surface area (Å²) in [5.41, 5.74) is 0. The van der Waals surface area contributed by atoms with Crippen molar-refractivity contribution in [3.8, 4) is 0 Å². The lowest BCUT2D eigenvalue weighted by molar-refractivity contribution is 0.102. The maximum absolute atomic E-state index is 11.7. The molecule has 0 saturated heterocycles. The molecule has 2 aromatic rings. The molecule has 0 aliphatic heterocycles. The van der Waals surface area contributed by atoms with Crippen LogP contribution in [0.4, 0.5) is 10.3 Å². The summed E-state index contributed by atoms with van der Waals surface area (Å²) in [5, 5.41) is 14.4. The van der Waals surface area contributed by atoms with Gasteiger partial charge < -0.3 is 5.32 Å². The van der Waals surface area contributed by atoms with E-state index in [1.54, 1.807) is 13.2 Å². The fourth-order valence-corrected chi connectivity index (χ4v) is 2.57. The van der Waals surface area contributed by atoms with E-state index >= 15 is 0 Å². The second-order valence-corrected chi connectivity index (χ2v) is 5.97. The van der Waals surface area contributed by atoms with Crippen LogP contribution < -0.4 is 10.6 Å². The van der Waals surface area contributed by atoms with Gasteiger partial charge in [-0.25, -0.2) is 4.98 Å². The first-order chi connectivity index (χ1) is 7.69. The van der Waals surface area contributed by atoms with Gasteiger partial charge in [0.15, 0.2) is 5.13 Å². The Bertz CT molecular complexity index is 510. The SMILES string of the molecule is CNc1nnc(C(=O)Nc2ncc(Br)s2)s1. The van der Waals surface area contributed by atoms with Gasteiger partial charge in [-0.3, -0.25) is 10.1 Å². The molecule has 9 heteroatoms. The van der Waals surface area contributed by atoms with Gasteiger partial charge in [-0.1, -0.05) is 22.7 Å². The summed E-state index contributed by atoms with van der Waals surface area (Å²) < 4.78 is 0.857. The van der Waals surface area contributed by atoms with Crippen LogP contribution in [-0.4, -0.2) is 28.1 Å². The summed E-state index contributed by atoms with van der Waals surface area (Å²) in [6.45, 7) is 0. The summed E-state index contributed by atoms with van der Waals surface area (Å²) >= 11 is 5.79. The molecule has 1 amide bonds. The number of anilines is 2. The lowest BCUT2D eigenvalue weighted by Gasteiger charge is -1.95. The third-order valence-electron chi connectivity index (χ3n) is 1.53. The molecule has 2 heterocycles. The Morgan fingerprint density at radius 3 is 2.75 bits per heavy atom. The van der Waals surface area contributed by atoms with Crippen LogP contribution in [-0.2, 0) is 0 Å². The fraction of sp³-hybridized carbons (Fsp3) is 0.143. The predicted molar refractivity (Wildman–Crippen MR) is 67.2 cm³/mol. The number of hydrogen-bond donors (Lipinski definition) is 2. The predicted octanol–water partition coefficient (Wildman–Crippen LogP) is 2.05. The van der Waals surface area contributed by atoms with E-state index in [1.165, 1.54) is 22.7 Å². The second-order valence-electron chi connectivity index (χ2n) is 2.59. The van der Waals surface area contributed by atoms with Crippen molar-refractivity contribution in [2.24, 2.45) is 0 Å². The number of rotatable bonds is 3. The quantitative estimate of drug-likeness (QED) is 0.905. The summed E-state index contributed by atoms with van der Waals surface area (Å²) in [6, 6.07) is 0. The van der Waals surface area contributed by atoms with Crippen molar-refractivity contribution < 1.29 is 4.79 Å². The first-order valence-electron chi connectivity index (χ1n) is 4.13. The van der Waals surface area contributed by atoms with Crippen molar-refractivity contribution in [2.75, 3.05) is 17.7 Å². The van der Waals surface area contributed by atoms with Gasteiger partial charge in [-0.2, -0.15) is 0 Å². The maximum Gasteiger partial charge on any atom is 0.288 e. The van der Waals surface area contributed by atoms with Crippen molar-refractivity contribution in [3.63, 3.8) is 0 Å². The molecule has 0 spiro atoms. The molecule has 2 aromatic heterocycles. The Morgan fingerprint density at radius 1 is 1.38 bits per heavy atom. The first kappa shape index (κ1) is 11.4. The lowest BCUT2D eigenvalue weighted by Crippen LogP contribution is -2.11. The Kier molecular flexibility index (Phi) is 3.46. The Labute approximate surface area is 107 Å². The molecule has 0 aliphatic carbocycles. The van der Waals surface area contributed by atoms with Crippen molar-refractivity contribution in [2.45, 2.75) is 0 Å². The highest BCUT2D eigenvalue weighted by Gasteiger charge is 2.13. The highest BCUT2D eigenvalue weighted by atomic mass is 79.9. The van der Waals surface area contributed by atoms with Crippen LogP contribution in [0.3, 0.4) is 0 Å². The summed E-state index contributed by atoms with van der Waals surface area (Å²) in [6.07, 6.45) is 1.62. The minimum absolute atomic E-state index is 0.302. The lowest BCUT2D eigenvalue weighted by atomic mass is 10.6. The zero-order valence-electron chi connectivity index (χ0n) is 8.02. The molecule has 0 atom stereocenters. The Morgan fingerprint density at radius 2 is 2.19 bits per heavy atom. The van der Waals surface area contributed by atoms with Crippen molar-refractivity contribution in [3.05, 3.63) is 15.0 Å². The van der Waals surface area contributed by atoms with Gasteiger partial charge in [0.25, 0.3) is 5.91 Å². The molecular weight excluding hydrogens is 314 g/mol. The third-order valence-corrected chi connectivity index (χ3v) is 3.86. The number of nitrogens with zero attached hydrogens (tertiary/aromatic N) is 3. The summed E-state index contributed by atoms with van der Waals surface area (Å²) in [7, 11) is 1.72. The van der Waals surface area contributed by atoms with Gasteiger partial charge in [0, 0.05) is 7.05 Å². The Hall–Kier alpha value is -1.06. The average molecular weight is 320 g/mol. The molecule has 0 radical (unpaired) electrons. The second kappa shape index (κ2) is 4.85. The molecule has 0 unspecified atom stereocenters. The van der Waals surface area contributed by atoms with E-state index < -0.39 is 0 Å². The number of hydrogen-bond acceptors (Lipinski definition) is 7. The van der Waals surface area contributed by atoms with Gasteiger partial charge in [0.1, 0.15) is 0 Å². The van der Waals surface area contributed by atoms with Crippen LogP contribution in [0.5, 0.6) is 0 Å². The molecule has 0 fully saturated rings. The van der Waals surface area contributed by atoms with Gasteiger partial charge in [0.2, 0.25) is 10.1 Å². The molecule has 0 aliphatic rings. The number of halogens is 1. The van der Waals surface area contributed by atoms with Crippen molar-refractivity contribution in [1.29, 1.82) is 0 Å². The first-order valence-corrected chi connectivity index (χ1v) is 6.55. The van der Waals surface area contributed by atoms with E-state index in [2.05, 4.69) is 41.7 Å². The van der Waals surface area contributed by atoms with E-state index in [1.807, 2.05) is 0 Å². The van der Waals surface area contributed by atoms with Gasteiger partial charge in [0.05, 0.1) is 9.98 Å². The molecule has 2 N–H and O–H groups in total. The largest absolute Gasteiger partial charge is 0.363 e. The zero-order chi connectivity index (χ0) is 11.5. The minimum atomic E-state index is -0.305. The molecule has 2 rings (SSSR count). The van der Waals surface area contributed by atoms with Crippen LogP contribution in [0.1, 0.15) is 9.80 Å². The van der Waals surface area contributed by atoms with Crippen LogP contribution in [0.15, 0.2) is 9.98 Å². The van der Waals surface area contributed by atoms with Gasteiger partial charge >= 0.3 is 0 Å². The molecule has 16 heavy (non-hydrogen) atoms. The standard InChI is InChI=1S/C7H6BrN5OS2/c1-9-6-13-12-5(16-6)4(14)11-7-10-2-3(8)15-7/h2H,1H3,(H,9,13)(H,10,11,14). The molecule has 0 aromatic carbocycles. The maximum atomic E-state index is 11.7. The third kappa shape index (κ3) is 2.54. The fourth-order valence-electron chi connectivity index (χ4n) is 0.879. The van der Waals surface area contributed by atoms with E-state index in [4.69, 9.17) is 0 Å². The topological polar surface area (TPSA) is 79.8 Å². The van der Waals surface area contributed by atoms with E-state index in [0.29, 0.717) is 15.3 Å². The molecule has 0 saturated carbocycles. The molecule has 6 nitrogen and oxygen atoms in total. The number of aromatic nitrogens is 3. The number of carbonyl (C=O) groups excluding carboxylic acids is 1. The van der Waals surface area contributed by atoms with E-state index in [0.717, 1.165) is 3.79 Å².